The number of nitrogens with two attached hydrogens (primary N) is 1. The summed E-state index contributed by atoms with van der Waals surface area (Å²) in [6.45, 7) is 1.99. The number of fused-ring (bicyclic) bond motifs is 1. The number of primary amides is 1. The van der Waals surface area contributed by atoms with Crippen molar-refractivity contribution in [3.8, 4) is 17.0 Å². The lowest BCUT2D eigenvalue weighted by Crippen LogP contribution is -2.16. The molecule has 0 fully saturated rings. The summed E-state index contributed by atoms with van der Waals surface area (Å²) in [5.41, 5.74) is 9.25. The van der Waals surface area contributed by atoms with Gasteiger partial charge in [0.1, 0.15) is 11.4 Å². The number of hydrogen-bond donors (Lipinski definition) is 2. The number of aromatic nitrogens is 2. The van der Waals surface area contributed by atoms with Gasteiger partial charge in [0.15, 0.2) is 0 Å². The van der Waals surface area contributed by atoms with Gasteiger partial charge < -0.3 is 14.9 Å². The summed E-state index contributed by atoms with van der Waals surface area (Å²) in [6, 6.07) is 14.8. The molecular weight excluding hydrogens is 416 g/mol. The number of carbonyl (C=O) groups excluding carboxylic acids is 1. The fourth-order valence-corrected chi connectivity index (χ4v) is 4.35. The van der Waals surface area contributed by atoms with E-state index < -0.39 is 15.9 Å². The second kappa shape index (κ2) is 7.77. The van der Waals surface area contributed by atoms with Crippen LogP contribution in [0.25, 0.3) is 16.9 Å². The van der Waals surface area contributed by atoms with Crippen LogP contribution in [0.3, 0.4) is 0 Å². The minimum atomic E-state index is -3.93. The topological polar surface area (TPSA) is 116 Å². The second-order valence-corrected chi connectivity index (χ2v) is 8.64. The number of ether oxygens (including phenoxy) is 1. The molecule has 3 N–H and O–H groups in total. The Balaban J connectivity index is 1.60. The number of rotatable bonds is 6. The fourth-order valence-electron chi connectivity index (χ4n) is 3.26. The highest BCUT2D eigenvalue weighted by Crippen LogP contribution is 2.26. The van der Waals surface area contributed by atoms with Gasteiger partial charge in [-0.1, -0.05) is 18.2 Å². The molecule has 0 aliphatic rings. The van der Waals surface area contributed by atoms with Crippen LogP contribution < -0.4 is 15.2 Å². The molecule has 0 aliphatic heterocycles. The Labute approximate surface area is 179 Å². The van der Waals surface area contributed by atoms with Gasteiger partial charge in [-0.15, -0.1) is 0 Å². The molecule has 0 atom stereocenters. The average Bonchev–Trinajstić information content (AvgIpc) is 3.19. The molecule has 0 saturated carbocycles. The van der Waals surface area contributed by atoms with E-state index in [1.54, 1.807) is 24.3 Å². The number of amides is 1. The largest absolute Gasteiger partial charge is 0.496 e. The predicted molar refractivity (Wildman–Crippen MR) is 118 cm³/mol. The Morgan fingerprint density at radius 3 is 2.52 bits per heavy atom. The van der Waals surface area contributed by atoms with Crippen LogP contribution in [0.15, 0.2) is 71.9 Å². The molecule has 8 nitrogen and oxygen atoms in total. The normalized spacial score (nSPS) is 11.4. The molecule has 31 heavy (non-hydrogen) atoms. The summed E-state index contributed by atoms with van der Waals surface area (Å²) in [7, 11) is -2.56. The first-order valence-corrected chi connectivity index (χ1v) is 10.8. The number of benzene rings is 2. The molecule has 0 unspecified atom stereocenters. The van der Waals surface area contributed by atoms with Crippen molar-refractivity contribution in [2.75, 3.05) is 11.8 Å². The lowest BCUT2D eigenvalue weighted by atomic mass is 10.1. The quantitative estimate of drug-likeness (QED) is 0.481. The Hall–Kier alpha value is -3.85. The zero-order chi connectivity index (χ0) is 22.2. The van der Waals surface area contributed by atoms with Crippen molar-refractivity contribution < 1.29 is 17.9 Å². The number of hydrogen-bond acceptors (Lipinski definition) is 5. The van der Waals surface area contributed by atoms with E-state index in [0.29, 0.717) is 5.69 Å². The minimum absolute atomic E-state index is 0.0112. The molecule has 2 heterocycles. The van der Waals surface area contributed by atoms with Gasteiger partial charge >= 0.3 is 0 Å². The number of methoxy groups -OCH3 is 1. The number of carbonyl (C=O) groups is 1. The molecule has 1 amide bonds. The molecule has 0 bridgehead atoms. The molecule has 0 aliphatic carbocycles. The number of nitrogens with zero attached hydrogens (tertiary/aromatic N) is 2. The summed E-state index contributed by atoms with van der Waals surface area (Å²) < 4.78 is 35.0. The van der Waals surface area contributed by atoms with E-state index in [2.05, 4.69) is 9.71 Å². The van der Waals surface area contributed by atoms with Crippen LogP contribution in [0.4, 0.5) is 5.69 Å². The lowest BCUT2D eigenvalue weighted by Gasteiger charge is -2.11. The lowest BCUT2D eigenvalue weighted by molar-refractivity contribution is 0.0997. The van der Waals surface area contributed by atoms with E-state index in [0.717, 1.165) is 22.5 Å². The zero-order valence-electron chi connectivity index (χ0n) is 16.9. The van der Waals surface area contributed by atoms with Gasteiger partial charge in [-0.25, -0.2) is 13.4 Å². The van der Waals surface area contributed by atoms with Gasteiger partial charge in [0.2, 0.25) is 0 Å². The van der Waals surface area contributed by atoms with Crippen molar-refractivity contribution in [3.63, 3.8) is 0 Å². The van der Waals surface area contributed by atoms with Crippen molar-refractivity contribution in [2.45, 2.75) is 11.8 Å². The van der Waals surface area contributed by atoms with E-state index in [4.69, 9.17) is 10.5 Å². The highest BCUT2D eigenvalue weighted by atomic mass is 32.2. The molecule has 0 saturated heterocycles. The Morgan fingerprint density at radius 2 is 1.87 bits per heavy atom. The van der Waals surface area contributed by atoms with Crippen molar-refractivity contribution in [1.29, 1.82) is 0 Å². The molecule has 0 radical (unpaired) electrons. The number of sulfonamides is 1. The fraction of sp³-hybridized carbons (Fsp3) is 0.0909. The average molecular weight is 436 g/mol. The van der Waals surface area contributed by atoms with Crippen LogP contribution >= 0.6 is 0 Å². The van der Waals surface area contributed by atoms with Crippen molar-refractivity contribution >= 4 is 27.3 Å². The van der Waals surface area contributed by atoms with E-state index in [1.165, 1.54) is 25.3 Å². The maximum Gasteiger partial charge on any atom is 0.261 e. The van der Waals surface area contributed by atoms with Crippen molar-refractivity contribution in [3.05, 3.63) is 78.1 Å². The third-order valence-electron chi connectivity index (χ3n) is 4.86. The monoisotopic (exact) mass is 436 g/mol. The number of pyridine rings is 1. The summed E-state index contributed by atoms with van der Waals surface area (Å²) in [5, 5.41) is 0. The van der Waals surface area contributed by atoms with Crippen LogP contribution in [-0.4, -0.2) is 30.8 Å². The predicted octanol–water partition coefficient (Wildman–Crippen LogP) is 3.22. The Bertz CT molecular complexity index is 1390. The SMILES string of the molecule is COc1ccc(S(=O)(=O)Nc2ccc(-c3cn4cccc(C)c4n3)cc2)cc1C(N)=O. The van der Waals surface area contributed by atoms with Crippen LogP contribution in [0.2, 0.25) is 0 Å². The minimum Gasteiger partial charge on any atom is -0.496 e. The highest BCUT2D eigenvalue weighted by molar-refractivity contribution is 7.92. The van der Waals surface area contributed by atoms with Crippen LogP contribution in [0, 0.1) is 6.92 Å². The van der Waals surface area contributed by atoms with Crippen LogP contribution in [0.1, 0.15) is 15.9 Å². The molecule has 2 aromatic heterocycles. The molecule has 0 spiro atoms. The third kappa shape index (κ3) is 3.95. The molecule has 4 rings (SSSR count). The molecule has 9 heteroatoms. The van der Waals surface area contributed by atoms with E-state index in [-0.39, 0.29) is 16.2 Å². The third-order valence-corrected chi connectivity index (χ3v) is 6.24. The first kappa shape index (κ1) is 20.4. The van der Waals surface area contributed by atoms with Gasteiger partial charge in [-0.3, -0.25) is 9.52 Å². The zero-order valence-corrected chi connectivity index (χ0v) is 17.7. The first-order chi connectivity index (χ1) is 14.8. The van der Waals surface area contributed by atoms with Gasteiger partial charge in [0.25, 0.3) is 15.9 Å². The molecule has 2 aromatic carbocycles. The van der Waals surface area contributed by atoms with Gasteiger partial charge in [-0.05, 0) is 48.9 Å². The van der Waals surface area contributed by atoms with Gasteiger partial charge in [0.05, 0.1) is 23.3 Å². The first-order valence-electron chi connectivity index (χ1n) is 9.34. The number of imidazole rings is 1. The Morgan fingerprint density at radius 1 is 1.13 bits per heavy atom. The van der Waals surface area contributed by atoms with Crippen molar-refractivity contribution in [2.24, 2.45) is 5.73 Å². The number of anilines is 1. The van der Waals surface area contributed by atoms with E-state index in [9.17, 15) is 13.2 Å². The van der Waals surface area contributed by atoms with Gasteiger partial charge in [-0.2, -0.15) is 0 Å². The summed E-state index contributed by atoms with van der Waals surface area (Å²) >= 11 is 0. The van der Waals surface area contributed by atoms with Gasteiger partial charge in [0, 0.05) is 23.6 Å². The summed E-state index contributed by atoms with van der Waals surface area (Å²) in [4.78, 5) is 16.1. The summed E-state index contributed by atoms with van der Waals surface area (Å²) in [5.74, 6) is -0.570. The second-order valence-electron chi connectivity index (χ2n) is 6.96. The summed E-state index contributed by atoms with van der Waals surface area (Å²) in [6.07, 6.45) is 3.85. The van der Waals surface area contributed by atoms with E-state index >= 15 is 0 Å². The number of aryl methyl sites for hydroxylation is 1. The van der Waals surface area contributed by atoms with Crippen molar-refractivity contribution in [1.82, 2.24) is 9.38 Å². The smallest absolute Gasteiger partial charge is 0.261 e. The molecular formula is C22H20N4O4S. The van der Waals surface area contributed by atoms with Crippen LogP contribution in [0.5, 0.6) is 5.75 Å². The standard InChI is InChI=1S/C22H20N4O4S/c1-14-4-3-11-26-13-19(24-22(14)26)15-5-7-16(8-6-15)25-31(28,29)17-9-10-20(30-2)18(12-17)21(23)27/h3-13,25H,1-2H3,(H2,23,27). The number of nitrogens with one attached hydrogen (secondary N) is 1. The van der Waals surface area contributed by atoms with E-state index in [1.807, 2.05) is 35.9 Å². The Kier molecular flexibility index (Phi) is 5.12. The molecule has 4 aromatic rings. The maximum absolute atomic E-state index is 12.8. The molecule has 158 valence electrons. The van der Waals surface area contributed by atoms with Crippen LogP contribution in [-0.2, 0) is 10.0 Å². The maximum atomic E-state index is 12.8. The highest BCUT2D eigenvalue weighted by Gasteiger charge is 2.19.